The van der Waals surface area contributed by atoms with Crippen LogP contribution in [0.25, 0.3) is 22.1 Å². The van der Waals surface area contributed by atoms with E-state index in [0.29, 0.717) is 33.7 Å². The van der Waals surface area contributed by atoms with Gasteiger partial charge in [-0.1, -0.05) is 42.5 Å². The molecule has 1 aromatic heterocycles. The molecule has 3 aromatic carbocycles. The molecule has 5 rings (SSSR count). The fraction of sp³-hybridized carbons (Fsp3) is 0.115. The van der Waals surface area contributed by atoms with Crippen molar-refractivity contribution >= 4 is 28.5 Å². The van der Waals surface area contributed by atoms with E-state index in [1.165, 1.54) is 17.0 Å². The number of ether oxygens (including phenoxy) is 2. The number of benzene rings is 3. The molecule has 0 N–H and O–H groups in total. The molecule has 0 atom stereocenters. The van der Waals surface area contributed by atoms with Gasteiger partial charge in [-0.2, -0.15) is 0 Å². The van der Waals surface area contributed by atoms with Crippen LogP contribution in [0.2, 0.25) is 0 Å². The highest BCUT2D eigenvalue weighted by Crippen LogP contribution is 2.31. The molecule has 1 aliphatic heterocycles. The van der Waals surface area contributed by atoms with Gasteiger partial charge < -0.3 is 13.9 Å². The Morgan fingerprint density at radius 3 is 2.58 bits per heavy atom. The summed E-state index contributed by atoms with van der Waals surface area (Å²) in [7, 11) is 0. The van der Waals surface area contributed by atoms with Gasteiger partial charge in [0.1, 0.15) is 29.4 Å². The van der Waals surface area contributed by atoms with Crippen LogP contribution in [0.5, 0.6) is 11.5 Å². The van der Waals surface area contributed by atoms with Crippen molar-refractivity contribution in [2.45, 2.75) is 6.92 Å². The van der Waals surface area contributed by atoms with Crippen LogP contribution < -0.4 is 19.8 Å². The van der Waals surface area contributed by atoms with Gasteiger partial charge in [-0.3, -0.25) is 14.5 Å². The van der Waals surface area contributed by atoms with E-state index in [1.54, 1.807) is 37.3 Å². The molecule has 1 aliphatic rings. The van der Waals surface area contributed by atoms with Gasteiger partial charge in [-0.05, 0) is 36.8 Å². The quantitative estimate of drug-likeness (QED) is 0.350. The van der Waals surface area contributed by atoms with Crippen LogP contribution in [-0.4, -0.2) is 25.0 Å². The largest absolute Gasteiger partial charge is 0.482 e. The van der Waals surface area contributed by atoms with Gasteiger partial charge >= 0.3 is 5.97 Å². The first-order chi connectivity index (χ1) is 16.0. The third-order valence-electron chi connectivity index (χ3n) is 5.43. The van der Waals surface area contributed by atoms with E-state index >= 15 is 0 Å². The fourth-order valence-electron chi connectivity index (χ4n) is 3.91. The van der Waals surface area contributed by atoms with E-state index in [9.17, 15) is 14.4 Å². The number of carbonyl (C=O) groups is 2. The molecule has 0 bridgehead atoms. The standard InChI is InChI=1S/C26H19NO6/c1-16-25(17-7-3-2-4-8-17)26(30)19-12-11-18(13-22(19)32-16)33-24(29)14-27-20-9-5-6-10-21(20)31-15-23(27)28/h2-13H,14-15H2,1H3. The fourth-order valence-corrected chi connectivity index (χ4v) is 3.91. The molecule has 0 radical (unpaired) electrons. The zero-order valence-electron chi connectivity index (χ0n) is 17.7. The number of fused-ring (bicyclic) bond motifs is 2. The summed E-state index contributed by atoms with van der Waals surface area (Å²) in [6.45, 7) is 1.31. The van der Waals surface area contributed by atoms with Crippen LogP contribution in [-0.2, 0) is 9.59 Å². The highest BCUT2D eigenvalue weighted by Gasteiger charge is 2.27. The monoisotopic (exact) mass is 441 g/mol. The van der Waals surface area contributed by atoms with Crippen LogP contribution in [0, 0.1) is 6.92 Å². The Labute approximate surface area is 188 Å². The Morgan fingerprint density at radius 1 is 1.00 bits per heavy atom. The average molecular weight is 441 g/mol. The summed E-state index contributed by atoms with van der Waals surface area (Å²) in [5.74, 6) is 0.259. The minimum Gasteiger partial charge on any atom is -0.482 e. The molecule has 0 fully saturated rings. The number of rotatable bonds is 4. The van der Waals surface area contributed by atoms with E-state index in [4.69, 9.17) is 13.9 Å². The summed E-state index contributed by atoms with van der Waals surface area (Å²) >= 11 is 0. The average Bonchev–Trinajstić information content (AvgIpc) is 2.81. The number of nitrogens with zero attached hydrogens (tertiary/aromatic N) is 1. The molecular weight excluding hydrogens is 422 g/mol. The third-order valence-corrected chi connectivity index (χ3v) is 5.43. The van der Waals surface area contributed by atoms with E-state index in [1.807, 2.05) is 30.3 Å². The number of para-hydroxylation sites is 2. The zero-order chi connectivity index (χ0) is 22.9. The molecule has 0 spiro atoms. The molecular formula is C26H19NO6. The van der Waals surface area contributed by atoms with Crippen LogP contribution in [0.15, 0.2) is 82.0 Å². The van der Waals surface area contributed by atoms with Crippen molar-refractivity contribution < 1.29 is 23.5 Å². The highest BCUT2D eigenvalue weighted by molar-refractivity contribution is 6.01. The van der Waals surface area contributed by atoms with Crippen molar-refractivity contribution in [2.24, 2.45) is 0 Å². The maximum absolute atomic E-state index is 13.1. The SMILES string of the molecule is Cc1oc2cc(OC(=O)CN3C(=O)COc4ccccc43)ccc2c(=O)c1-c1ccccc1. The summed E-state index contributed by atoms with van der Waals surface area (Å²) in [6.07, 6.45) is 0. The Hall–Kier alpha value is -4.39. The lowest BCUT2D eigenvalue weighted by atomic mass is 10.0. The summed E-state index contributed by atoms with van der Waals surface area (Å²) in [5.41, 5.74) is 1.94. The Balaban J connectivity index is 1.41. The van der Waals surface area contributed by atoms with E-state index in [2.05, 4.69) is 0 Å². The number of carbonyl (C=O) groups excluding carboxylic acids is 2. The molecule has 7 heteroatoms. The summed E-state index contributed by atoms with van der Waals surface area (Å²) in [6, 6.07) is 20.9. The van der Waals surface area contributed by atoms with Gasteiger partial charge in [0.15, 0.2) is 6.61 Å². The predicted molar refractivity (Wildman–Crippen MR) is 123 cm³/mol. The van der Waals surface area contributed by atoms with Gasteiger partial charge in [0.05, 0.1) is 16.6 Å². The number of aryl methyl sites for hydroxylation is 1. The van der Waals surface area contributed by atoms with E-state index < -0.39 is 5.97 Å². The molecule has 0 unspecified atom stereocenters. The molecule has 0 saturated carbocycles. The minimum absolute atomic E-state index is 0.144. The smallest absolute Gasteiger partial charge is 0.331 e. The van der Waals surface area contributed by atoms with Crippen LogP contribution in [0.4, 0.5) is 5.69 Å². The second-order valence-corrected chi connectivity index (χ2v) is 7.60. The first-order valence-electron chi connectivity index (χ1n) is 10.4. The Morgan fingerprint density at radius 2 is 1.76 bits per heavy atom. The normalized spacial score (nSPS) is 12.9. The Kier molecular flexibility index (Phi) is 5.14. The number of esters is 1. The maximum atomic E-state index is 13.1. The molecule has 0 aliphatic carbocycles. The third kappa shape index (κ3) is 3.85. The number of amides is 1. The van der Waals surface area contributed by atoms with Gasteiger partial charge in [0, 0.05) is 6.07 Å². The second-order valence-electron chi connectivity index (χ2n) is 7.60. The molecule has 1 amide bonds. The van der Waals surface area contributed by atoms with Gasteiger partial charge in [-0.25, -0.2) is 4.79 Å². The van der Waals surface area contributed by atoms with Crippen molar-refractivity contribution in [2.75, 3.05) is 18.1 Å². The van der Waals surface area contributed by atoms with Gasteiger partial charge in [0.2, 0.25) is 5.43 Å². The molecule has 164 valence electrons. The van der Waals surface area contributed by atoms with Gasteiger partial charge in [-0.15, -0.1) is 0 Å². The molecule has 7 nitrogen and oxygen atoms in total. The molecule has 2 heterocycles. The summed E-state index contributed by atoms with van der Waals surface area (Å²) < 4.78 is 16.7. The molecule has 4 aromatic rings. The Bertz CT molecular complexity index is 1440. The van der Waals surface area contributed by atoms with Crippen LogP contribution >= 0.6 is 0 Å². The predicted octanol–water partition coefficient (Wildman–Crippen LogP) is 4.10. The lowest BCUT2D eigenvalue weighted by Crippen LogP contribution is -2.43. The maximum Gasteiger partial charge on any atom is 0.331 e. The minimum atomic E-state index is -0.626. The highest BCUT2D eigenvalue weighted by atomic mass is 16.5. The lowest BCUT2D eigenvalue weighted by molar-refractivity contribution is -0.134. The van der Waals surface area contributed by atoms with Gasteiger partial charge in [0.25, 0.3) is 5.91 Å². The van der Waals surface area contributed by atoms with Crippen molar-refractivity contribution in [1.29, 1.82) is 0 Å². The van der Waals surface area contributed by atoms with Crippen molar-refractivity contribution in [3.05, 3.63) is 88.8 Å². The zero-order valence-corrected chi connectivity index (χ0v) is 17.7. The number of hydrogen-bond donors (Lipinski definition) is 0. The lowest BCUT2D eigenvalue weighted by Gasteiger charge is -2.28. The van der Waals surface area contributed by atoms with Crippen molar-refractivity contribution in [3.63, 3.8) is 0 Å². The van der Waals surface area contributed by atoms with Crippen molar-refractivity contribution in [3.8, 4) is 22.6 Å². The van der Waals surface area contributed by atoms with E-state index in [0.717, 1.165) is 5.56 Å². The van der Waals surface area contributed by atoms with Crippen LogP contribution in [0.3, 0.4) is 0 Å². The molecule has 33 heavy (non-hydrogen) atoms. The van der Waals surface area contributed by atoms with Crippen molar-refractivity contribution in [1.82, 2.24) is 0 Å². The van der Waals surface area contributed by atoms with Crippen LogP contribution in [0.1, 0.15) is 5.76 Å². The second kappa shape index (κ2) is 8.27. The summed E-state index contributed by atoms with van der Waals surface area (Å²) in [4.78, 5) is 39.3. The van der Waals surface area contributed by atoms with E-state index in [-0.39, 0.29) is 30.2 Å². The number of hydrogen-bond acceptors (Lipinski definition) is 6. The summed E-state index contributed by atoms with van der Waals surface area (Å²) in [5, 5.41) is 0.386. The molecule has 0 saturated heterocycles. The first-order valence-corrected chi connectivity index (χ1v) is 10.4. The topological polar surface area (TPSA) is 86.1 Å². The first kappa shape index (κ1) is 20.5. The number of anilines is 1.